The lowest BCUT2D eigenvalue weighted by Gasteiger charge is -2.05. The molecule has 4 rings (SSSR count). The highest BCUT2D eigenvalue weighted by atomic mass is 32.2. The lowest BCUT2D eigenvalue weighted by Crippen LogP contribution is -2.18. The zero-order valence-electron chi connectivity index (χ0n) is 14.0. The summed E-state index contributed by atoms with van der Waals surface area (Å²) < 4.78 is 6.85. The average Bonchev–Trinajstić information content (AvgIpc) is 3.15. The number of ether oxygens (including phenoxy) is 1. The number of rotatable bonds is 5. The first kappa shape index (κ1) is 16.3. The van der Waals surface area contributed by atoms with Crippen LogP contribution in [0, 0.1) is 0 Å². The fourth-order valence-electron chi connectivity index (χ4n) is 2.55. The number of nitrogens with one attached hydrogen (secondary N) is 1. The zero-order valence-corrected chi connectivity index (χ0v) is 14.8. The molecule has 130 valence electrons. The van der Waals surface area contributed by atoms with Crippen molar-refractivity contribution in [1.29, 1.82) is 0 Å². The van der Waals surface area contributed by atoms with Gasteiger partial charge in [0.2, 0.25) is 16.8 Å². The summed E-state index contributed by atoms with van der Waals surface area (Å²) in [5.41, 5.74) is 7.80. The Hall–Kier alpha value is -3.20. The van der Waals surface area contributed by atoms with Crippen molar-refractivity contribution in [2.24, 2.45) is 0 Å². The number of aromatic nitrogens is 6. The molecule has 4 aromatic rings. The van der Waals surface area contributed by atoms with Gasteiger partial charge in [0.1, 0.15) is 5.75 Å². The summed E-state index contributed by atoms with van der Waals surface area (Å²) in [7, 11) is 1.63. The molecule has 0 amide bonds. The Labute approximate surface area is 153 Å². The predicted molar refractivity (Wildman–Crippen MR) is 98.0 cm³/mol. The van der Waals surface area contributed by atoms with Crippen molar-refractivity contribution in [1.82, 2.24) is 25.2 Å². The topological polar surface area (TPSA) is 106 Å². The van der Waals surface area contributed by atoms with E-state index in [0.29, 0.717) is 16.7 Å². The molecule has 0 atom stereocenters. The van der Waals surface area contributed by atoms with Gasteiger partial charge < -0.3 is 10.5 Å². The SMILES string of the molecule is COc1ccc(-n2nnnc2SCc2nc3ccccc3c(N)[nH+]2)cc1. The van der Waals surface area contributed by atoms with E-state index in [1.165, 1.54) is 11.8 Å². The van der Waals surface area contributed by atoms with Crippen LogP contribution in [0.5, 0.6) is 5.75 Å². The van der Waals surface area contributed by atoms with Gasteiger partial charge >= 0.3 is 0 Å². The van der Waals surface area contributed by atoms with Gasteiger partial charge in [0.25, 0.3) is 0 Å². The van der Waals surface area contributed by atoms with Crippen LogP contribution in [0.15, 0.2) is 53.7 Å². The lowest BCUT2D eigenvalue weighted by atomic mass is 10.2. The largest absolute Gasteiger partial charge is 0.497 e. The number of benzene rings is 2. The van der Waals surface area contributed by atoms with Crippen LogP contribution < -0.4 is 15.5 Å². The van der Waals surface area contributed by atoms with Gasteiger partial charge in [0, 0.05) is 0 Å². The molecule has 3 N–H and O–H groups in total. The minimum atomic E-state index is 0.561. The van der Waals surface area contributed by atoms with E-state index in [1.54, 1.807) is 11.8 Å². The molecule has 0 fully saturated rings. The molecule has 26 heavy (non-hydrogen) atoms. The number of methoxy groups -OCH3 is 1. The van der Waals surface area contributed by atoms with Crippen LogP contribution in [0.25, 0.3) is 16.6 Å². The summed E-state index contributed by atoms with van der Waals surface area (Å²) in [5.74, 6) is 2.70. The van der Waals surface area contributed by atoms with E-state index in [2.05, 4.69) is 25.5 Å². The molecule has 2 aromatic carbocycles. The highest BCUT2D eigenvalue weighted by molar-refractivity contribution is 7.98. The molecule has 0 aliphatic heterocycles. The maximum atomic E-state index is 6.09. The van der Waals surface area contributed by atoms with E-state index in [9.17, 15) is 0 Å². The molecule has 0 aliphatic rings. The van der Waals surface area contributed by atoms with Crippen molar-refractivity contribution >= 4 is 28.5 Å². The molecular formula is C17H16N7OS+. The van der Waals surface area contributed by atoms with Gasteiger partial charge in [-0.3, -0.25) is 0 Å². The maximum Gasteiger partial charge on any atom is 0.247 e. The molecule has 0 aliphatic carbocycles. The zero-order chi connectivity index (χ0) is 17.9. The molecule has 0 saturated carbocycles. The minimum absolute atomic E-state index is 0.561. The third-order valence-electron chi connectivity index (χ3n) is 3.82. The molecule has 8 nitrogen and oxygen atoms in total. The Morgan fingerprint density at radius 2 is 1.96 bits per heavy atom. The summed E-state index contributed by atoms with van der Waals surface area (Å²) in [5, 5.41) is 13.5. The standard InChI is InChI=1S/C17H15N7OS/c1-25-12-8-6-11(7-9-12)24-17(21-22-23-24)26-10-15-19-14-5-3-2-4-13(14)16(18)20-15/h2-9H,10H2,1H3,(H2,18,19,20)/p+1. The van der Waals surface area contributed by atoms with Crippen LogP contribution >= 0.6 is 11.8 Å². The number of hydrogen-bond donors (Lipinski definition) is 1. The molecule has 9 heteroatoms. The number of anilines is 1. The number of thioether (sulfide) groups is 1. The minimum Gasteiger partial charge on any atom is -0.497 e. The van der Waals surface area contributed by atoms with Gasteiger partial charge in [0.05, 0.1) is 23.9 Å². The number of tetrazole rings is 1. The number of nitrogens with zero attached hydrogens (tertiary/aromatic N) is 5. The smallest absolute Gasteiger partial charge is 0.247 e. The average molecular weight is 366 g/mol. The molecule has 0 spiro atoms. The predicted octanol–water partition coefficient (Wildman–Crippen LogP) is 1.91. The molecule has 2 aromatic heterocycles. The molecule has 2 heterocycles. The summed E-state index contributed by atoms with van der Waals surface area (Å²) in [6.45, 7) is 0. The van der Waals surface area contributed by atoms with E-state index >= 15 is 0 Å². The fourth-order valence-corrected chi connectivity index (χ4v) is 3.31. The van der Waals surface area contributed by atoms with Crippen LogP contribution in [0.3, 0.4) is 0 Å². The van der Waals surface area contributed by atoms with Gasteiger partial charge in [-0.25, -0.2) is 4.98 Å². The molecule has 0 bridgehead atoms. The summed E-state index contributed by atoms with van der Waals surface area (Å²) in [6, 6.07) is 15.3. The third kappa shape index (κ3) is 3.16. The normalized spacial score (nSPS) is 11.0. The number of hydrogen-bond acceptors (Lipinski definition) is 7. The van der Waals surface area contributed by atoms with Crippen molar-refractivity contribution in [3.63, 3.8) is 0 Å². The Kier molecular flexibility index (Phi) is 4.36. The van der Waals surface area contributed by atoms with Crippen LogP contribution in [0.4, 0.5) is 5.82 Å². The Morgan fingerprint density at radius 1 is 1.15 bits per heavy atom. The maximum absolute atomic E-state index is 6.09. The Morgan fingerprint density at radius 3 is 2.77 bits per heavy atom. The summed E-state index contributed by atoms with van der Waals surface area (Å²) >= 11 is 1.48. The van der Waals surface area contributed by atoms with Crippen LogP contribution in [0.2, 0.25) is 0 Å². The van der Waals surface area contributed by atoms with Gasteiger partial charge in [-0.1, -0.05) is 23.9 Å². The van der Waals surface area contributed by atoms with E-state index in [4.69, 9.17) is 10.5 Å². The van der Waals surface area contributed by atoms with Crippen molar-refractivity contribution in [3.05, 3.63) is 54.4 Å². The van der Waals surface area contributed by atoms with Gasteiger partial charge in [-0.2, -0.15) is 4.68 Å². The van der Waals surface area contributed by atoms with Crippen LogP contribution in [0.1, 0.15) is 5.82 Å². The number of nitrogen functional groups attached to an aromatic ring is 1. The van der Waals surface area contributed by atoms with Crippen LogP contribution in [-0.2, 0) is 5.75 Å². The fraction of sp³-hybridized carbons (Fsp3) is 0.118. The summed E-state index contributed by atoms with van der Waals surface area (Å²) in [6.07, 6.45) is 0. The first-order valence-electron chi connectivity index (χ1n) is 7.86. The van der Waals surface area contributed by atoms with Gasteiger partial charge in [0.15, 0.2) is 5.52 Å². The van der Waals surface area contributed by atoms with Crippen molar-refractivity contribution < 1.29 is 9.72 Å². The Balaban J connectivity index is 1.56. The van der Waals surface area contributed by atoms with Crippen molar-refractivity contribution in [2.45, 2.75) is 10.9 Å². The highest BCUT2D eigenvalue weighted by Gasteiger charge is 2.14. The number of fused-ring (bicyclic) bond motifs is 1. The van der Waals surface area contributed by atoms with E-state index in [-0.39, 0.29) is 0 Å². The second kappa shape index (κ2) is 6.96. The first-order chi connectivity index (χ1) is 12.7. The first-order valence-corrected chi connectivity index (χ1v) is 8.85. The number of para-hydroxylation sites is 1. The van der Waals surface area contributed by atoms with Gasteiger partial charge in [-0.15, -0.1) is 10.1 Å². The second-order valence-electron chi connectivity index (χ2n) is 5.47. The monoisotopic (exact) mass is 366 g/mol. The van der Waals surface area contributed by atoms with E-state index < -0.39 is 0 Å². The Bertz CT molecular complexity index is 1050. The molecule has 0 unspecified atom stereocenters. The van der Waals surface area contributed by atoms with E-state index in [1.807, 2.05) is 48.5 Å². The van der Waals surface area contributed by atoms with Crippen molar-refractivity contribution in [3.8, 4) is 11.4 Å². The molecular weight excluding hydrogens is 350 g/mol. The molecule has 0 saturated heterocycles. The highest BCUT2D eigenvalue weighted by Crippen LogP contribution is 2.23. The molecule has 0 radical (unpaired) electrons. The summed E-state index contributed by atoms with van der Waals surface area (Å²) in [4.78, 5) is 7.75. The van der Waals surface area contributed by atoms with Crippen molar-refractivity contribution in [2.75, 3.05) is 12.8 Å². The number of H-pyrrole nitrogens is 1. The van der Waals surface area contributed by atoms with E-state index in [0.717, 1.165) is 28.2 Å². The third-order valence-corrected chi connectivity index (χ3v) is 4.76. The number of nitrogens with two attached hydrogens (primary N) is 1. The van der Waals surface area contributed by atoms with Gasteiger partial charge in [-0.05, 0) is 46.8 Å². The quantitative estimate of drug-likeness (QED) is 0.538. The second-order valence-corrected chi connectivity index (χ2v) is 6.42. The van der Waals surface area contributed by atoms with Crippen LogP contribution in [-0.4, -0.2) is 32.3 Å². The number of aromatic amines is 1. The lowest BCUT2D eigenvalue weighted by molar-refractivity contribution is -0.374.